The van der Waals surface area contributed by atoms with E-state index in [0.717, 1.165) is 21.0 Å². The van der Waals surface area contributed by atoms with Crippen LogP contribution >= 0.6 is 0 Å². The molecule has 226 valence electrons. The summed E-state index contributed by atoms with van der Waals surface area (Å²) in [6.45, 7) is 12.2. The van der Waals surface area contributed by atoms with E-state index in [1.165, 1.54) is 17.0 Å². The number of nitrogens with one attached hydrogen (secondary N) is 1. The topological polar surface area (TPSA) is 96.0 Å². The van der Waals surface area contributed by atoms with Gasteiger partial charge < -0.3 is 15.0 Å². The number of carbonyl (C=O) groups excluding carboxylic acids is 2. The van der Waals surface area contributed by atoms with Crippen LogP contribution in [0.4, 0.5) is 5.69 Å². The molecular formula is C33H43N3O5S. The van der Waals surface area contributed by atoms with Crippen molar-refractivity contribution < 1.29 is 22.7 Å². The molecule has 1 atom stereocenters. The number of hydrogen-bond acceptors (Lipinski definition) is 5. The minimum atomic E-state index is -4.13. The number of aryl methyl sites for hydroxylation is 2. The molecule has 9 heteroatoms. The second kappa shape index (κ2) is 14.9. The molecule has 0 unspecified atom stereocenters. The third kappa shape index (κ3) is 8.58. The van der Waals surface area contributed by atoms with Crippen molar-refractivity contribution in [2.45, 2.75) is 65.4 Å². The highest BCUT2D eigenvalue weighted by molar-refractivity contribution is 7.92. The minimum absolute atomic E-state index is 0.0709. The first-order valence-electron chi connectivity index (χ1n) is 14.4. The summed E-state index contributed by atoms with van der Waals surface area (Å²) in [5.41, 5.74) is 3.15. The highest BCUT2D eigenvalue weighted by Crippen LogP contribution is 2.27. The summed E-state index contributed by atoms with van der Waals surface area (Å²) in [4.78, 5) is 29.0. The maximum Gasteiger partial charge on any atom is 0.264 e. The number of benzene rings is 3. The Hall–Kier alpha value is -3.85. The largest absolute Gasteiger partial charge is 0.494 e. The molecule has 0 bridgehead atoms. The predicted molar refractivity (Wildman–Crippen MR) is 167 cm³/mol. The average Bonchev–Trinajstić information content (AvgIpc) is 2.96. The van der Waals surface area contributed by atoms with Crippen molar-refractivity contribution in [2.75, 3.05) is 24.0 Å². The fraction of sp³-hybridized carbons (Fsp3) is 0.394. The highest BCUT2D eigenvalue weighted by Gasteiger charge is 2.33. The highest BCUT2D eigenvalue weighted by atomic mass is 32.2. The van der Waals surface area contributed by atoms with Gasteiger partial charge in [-0.2, -0.15) is 0 Å². The molecule has 8 nitrogen and oxygen atoms in total. The third-order valence-corrected chi connectivity index (χ3v) is 8.66. The Morgan fingerprint density at radius 1 is 0.857 bits per heavy atom. The zero-order valence-electron chi connectivity index (χ0n) is 25.5. The molecular weight excluding hydrogens is 550 g/mol. The van der Waals surface area contributed by atoms with Crippen LogP contribution in [0.2, 0.25) is 0 Å². The van der Waals surface area contributed by atoms with Crippen LogP contribution in [0.5, 0.6) is 5.75 Å². The Balaban J connectivity index is 2.04. The van der Waals surface area contributed by atoms with E-state index in [0.29, 0.717) is 31.0 Å². The van der Waals surface area contributed by atoms with E-state index < -0.39 is 28.5 Å². The van der Waals surface area contributed by atoms with Crippen molar-refractivity contribution in [1.82, 2.24) is 10.2 Å². The van der Waals surface area contributed by atoms with E-state index in [4.69, 9.17) is 4.74 Å². The van der Waals surface area contributed by atoms with Crippen LogP contribution in [0.25, 0.3) is 0 Å². The number of ether oxygens (including phenoxy) is 1. The Labute approximate surface area is 250 Å². The summed E-state index contributed by atoms with van der Waals surface area (Å²) in [5.74, 6) is 0.0870. The number of amides is 2. The van der Waals surface area contributed by atoms with Gasteiger partial charge in [-0.15, -0.1) is 0 Å². The average molecular weight is 594 g/mol. The number of sulfonamides is 1. The number of nitrogens with zero attached hydrogens (tertiary/aromatic N) is 2. The Morgan fingerprint density at radius 3 is 1.95 bits per heavy atom. The first-order valence-corrected chi connectivity index (χ1v) is 15.8. The van der Waals surface area contributed by atoms with Gasteiger partial charge in [-0.05, 0) is 75.1 Å². The molecule has 0 aliphatic heterocycles. The number of hydrogen-bond donors (Lipinski definition) is 1. The Kier molecular flexibility index (Phi) is 11.6. The van der Waals surface area contributed by atoms with E-state index in [9.17, 15) is 18.0 Å². The van der Waals surface area contributed by atoms with Crippen molar-refractivity contribution >= 4 is 27.5 Å². The van der Waals surface area contributed by atoms with Gasteiger partial charge in [0.05, 0.1) is 17.2 Å². The van der Waals surface area contributed by atoms with Gasteiger partial charge in [0.25, 0.3) is 10.0 Å². The van der Waals surface area contributed by atoms with Crippen LogP contribution < -0.4 is 14.4 Å². The molecule has 0 fully saturated rings. The SMILES string of the molecule is CCOc1ccc(N(CC(=O)N(Cc2ccc(C)cc2)[C@@H](CC)C(=O)NCC(C)C)S(=O)(=O)c2ccc(C)cc2)cc1. The molecule has 0 radical (unpaired) electrons. The smallest absolute Gasteiger partial charge is 0.264 e. The third-order valence-electron chi connectivity index (χ3n) is 6.87. The van der Waals surface area contributed by atoms with Crippen LogP contribution in [0, 0.1) is 19.8 Å². The van der Waals surface area contributed by atoms with Gasteiger partial charge >= 0.3 is 0 Å². The monoisotopic (exact) mass is 593 g/mol. The maximum atomic E-state index is 14.2. The lowest BCUT2D eigenvalue weighted by Crippen LogP contribution is -2.52. The van der Waals surface area contributed by atoms with Crippen LogP contribution in [0.3, 0.4) is 0 Å². The Bertz CT molecular complexity index is 1420. The van der Waals surface area contributed by atoms with Gasteiger partial charge in [0, 0.05) is 13.1 Å². The zero-order chi connectivity index (χ0) is 30.9. The normalized spacial score (nSPS) is 12.1. The van der Waals surface area contributed by atoms with Gasteiger partial charge in [-0.3, -0.25) is 13.9 Å². The summed E-state index contributed by atoms with van der Waals surface area (Å²) in [7, 11) is -4.13. The lowest BCUT2D eigenvalue weighted by atomic mass is 10.1. The summed E-state index contributed by atoms with van der Waals surface area (Å²) in [6, 6.07) is 20.1. The fourth-order valence-electron chi connectivity index (χ4n) is 4.47. The van der Waals surface area contributed by atoms with Gasteiger partial charge in [-0.25, -0.2) is 8.42 Å². The Morgan fingerprint density at radius 2 is 1.43 bits per heavy atom. The molecule has 0 heterocycles. The molecule has 3 aromatic rings. The summed E-state index contributed by atoms with van der Waals surface area (Å²) in [6.07, 6.45) is 0.370. The van der Waals surface area contributed by atoms with Gasteiger partial charge in [0.2, 0.25) is 11.8 Å². The van der Waals surface area contributed by atoms with E-state index in [1.807, 2.05) is 65.8 Å². The molecule has 1 N–H and O–H groups in total. The molecule has 42 heavy (non-hydrogen) atoms. The molecule has 0 spiro atoms. The van der Waals surface area contributed by atoms with Crippen LogP contribution in [0.15, 0.2) is 77.7 Å². The second-order valence-electron chi connectivity index (χ2n) is 10.8. The molecule has 3 rings (SSSR count). The van der Waals surface area contributed by atoms with Crippen molar-refractivity contribution in [1.29, 1.82) is 0 Å². The molecule has 0 saturated carbocycles. The van der Waals surface area contributed by atoms with Gasteiger partial charge in [0.1, 0.15) is 18.3 Å². The standard InChI is InChI=1S/C33H43N3O5S/c1-7-31(33(38)34-21-24(3)4)35(22-27-13-9-25(5)10-14-27)32(37)23-36(28-15-17-29(18-16-28)41-8-2)42(39,40)30-19-11-26(6)12-20-30/h9-20,24,31H,7-8,21-23H2,1-6H3,(H,34,38)/t31-/m0/s1. The predicted octanol–water partition coefficient (Wildman–Crippen LogP) is 5.48. The fourth-order valence-corrected chi connectivity index (χ4v) is 5.89. The van der Waals surface area contributed by atoms with E-state index in [2.05, 4.69) is 5.32 Å². The number of carbonyl (C=O) groups is 2. The lowest BCUT2D eigenvalue weighted by molar-refractivity contribution is -0.140. The molecule has 3 aromatic carbocycles. The van der Waals surface area contributed by atoms with E-state index in [-0.39, 0.29) is 23.3 Å². The zero-order valence-corrected chi connectivity index (χ0v) is 26.3. The molecule has 2 amide bonds. The van der Waals surface area contributed by atoms with Crippen molar-refractivity contribution in [3.63, 3.8) is 0 Å². The summed E-state index contributed by atoms with van der Waals surface area (Å²) in [5, 5.41) is 2.95. The summed E-state index contributed by atoms with van der Waals surface area (Å²) < 4.78 is 34.7. The quantitative estimate of drug-likeness (QED) is 0.267. The van der Waals surface area contributed by atoms with Gasteiger partial charge in [0.15, 0.2) is 0 Å². The molecule has 0 saturated heterocycles. The first-order chi connectivity index (χ1) is 20.0. The van der Waals surface area contributed by atoms with Crippen molar-refractivity contribution in [3.05, 3.63) is 89.5 Å². The lowest BCUT2D eigenvalue weighted by Gasteiger charge is -2.33. The maximum absolute atomic E-state index is 14.2. The molecule has 0 aliphatic rings. The summed E-state index contributed by atoms with van der Waals surface area (Å²) >= 11 is 0. The first kappa shape index (κ1) is 32.7. The number of anilines is 1. The van der Waals surface area contributed by atoms with E-state index >= 15 is 0 Å². The van der Waals surface area contributed by atoms with Crippen LogP contribution in [-0.4, -0.2) is 50.9 Å². The van der Waals surface area contributed by atoms with Crippen molar-refractivity contribution in [3.8, 4) is 5.75 Å². The van der Waals surface area contributed by atoms with E-state index in [1.54, 1.807) is 36.4 Å². The van der Waals surface area contributed by atoms with Crippen LogP contribution in [-0.2, 0) is 26.2 Å². The minimum Gasteiger partial charge on any atom is -0.494 e. The van der Waals surface area contributed by atoms with Gasteiger partial charge in [-0.1, -0.05) is 68.3 Å². The van der Waals surface area contributed by atoms with Crippen LogP contribution in [0.1, 0.15) is 50.8 Å². The second-order valence-corrected chi connectivity index (χ2v) is 12.7. The molecule has 0 aromatic heterocycles. The number of rotatable bonds is 14. The van der Waals surface area contributed by atoms with Crippen molar-refractivity contribution in [2.24, 2.45) is 5.92 Å². The molecule has 0 aliphatic carbocycles.